The summed E-state index contributed by atoms with van der Waals surface area (Å²) in [5, 5.41) is 12.5. The van der Waals surface area contributed by atoms with Gasteiger partial charge in [0.15, 0.2) is 0 Å². The summed E-state index contributed by atoms with van der Waals surface area (Å²) in [5.74, 6) is 0. The number of rotatable bonds is 5. The molecule has 0 saturated heterocycles. The lowest BCUT2D eigenvalue weighted by atomic mass is 9.92. The SMILES string of the molecule is c1ccc(-c2cccc(N(c3cccc(-c4ccc5c(ccc6ccc7ccc8ccccc8c7c65)c4)c3)c3ccc4c(c3)oc3ccccc34)c2)cc1. The number of benzene rings is 10. The van der Waals surface area contributed by atoms with Gasteiger partial charge >= 0.3 is 0 Å². The van der Waals surface area contributed by atoms with Gasteiger partial charge in [-0.05, 0) is 114 Å². The van der Waals surface area contributed by atoms with Gasteiger partial charge in [-0.2, -0.15) is 0 Å². The molecule has 2 heteroatoms. The molecule has 0 amide bonds. The van der Waals surface area contributed by atoms with Crippen LogP contribution in [0.3, 0.4) is 0 Å². The molecule has 0 N–H and O–H groups in total. The van der Waals surface area contributed by atoms with E-state index in [1.165, 1.54) is 59.8 Å². The highest BCUT2D eigenvalue weighted by atomic mass is 16.3. The molecule has 11 rings (SSSR count). The quantitative estimate of drug-likeness (QED) is 0.168. The summed E-state index contributed by atoms with van der Waals surface area (Å²) >= 11 is 0. The number of hydrogen-bond acceptors (Lipinski definition) is 2. The molecule has 0 aliphatic rings. The van der Waals surface area contributed by atoms with Crippen molar-refractivity contribution in [1.82, 2.24) is 0 Å². The lowest BCUT2D eigenvalue weighted by Crippen LogP contribution is -2.10. The predicted molar refractivity (Wildman–Crippen MR) is 229 cm³/mol. The van der Waals surface area contributed by atoms with Crippen molar-refractivity contribution in [2.75, 3.05) is 4.90 Å². The van der Waals surface area contributed by atoms with Gasteiger partial charge in [0.05, 0.1) is 0 Å². The van der Waals surface area contributed by atoms with Crippen LogP contribution >= 0.6 is 0 Å². The van der Waals surface area contributed by atoms with Crippen LogP contribution in [0.15, 0.2) is 205 Å². The van der Waals surface area contributed by atoms with Crippen LogP contribution in [0.5, 0.6) is 0 Å². The van der Waals surface area contributed by atoms with Crippen LogP contribution in [-0.4, -0.2) is 0 Å². The number of fused-ring (bicyclic) bond motifs is 10. The smallest absolute Gasteiger partial charge is 0.137 e. The summed E-state index contributed by atoms with van der Waals surface area (Å²) in [6.45, 7) is 0. The van der Waals surface area contributed by atoms with E-state index in [0.717, 1.165) is 44.6 Å². The van der Waals surface area contributed by atoms with Crippen LogP contribution in [0.1, 0.15) is 0 Å². The molecule has 1 heterocycles. The van der Waals surface area contributed by atoms with Gasteiger partial charge in [-0.1, -0.05) is 146 Å². The summed E-state index contributed by atoms with van der Waals surface area (Å²) in [6, 6.07) is 72.3. The van der Waals surface area contributed by atoms with E-state index < -0.39 is 0 Å². The highest BCUT2D eigenvalue weighted by Gasteiger charge is 2.17. The molecule has 2 nitrogen and oxygen atoms in total. The Labute approximate surface area is 312 Å². The second-order valence-electron chi connectivity index (χ2n) is 14.1. The zero-order valence-corrected chi connectivity index (χ0v) is 29.4. The van der Waals surface area contributed by atoms with E-state index in [1.807, 2.05) is 12.1 Å². The van der Waals surface area contributed by atoms with E-state index in [4.69, 9.17) is 4.42 Å². The maximum atomic E-state index is 6.40. The van der Waals surface area contributed by atoms with Gasteiger partial charge in [-0.25, -0.2) is 0 Å². The molecular weight excluding hydrogens is 655 g/mol. The minimum atomic E-state index is 0.871. The van der Waals surface area contributed by atoms with Crippen LogP contribution < -0.4 is 4.90 Å². The van der Waals surface area contributed by atoms with Crippen LogP contribution in [0.4, 0.5) is 17.1 Å². The fraction of sp³-hybridized carbons (Fsp3) is 0. The van der Waals surface area contributed by atoms with Crippen molar-refractivity contribution in [2.45, 2.75) is 0 Å². The first kappa shape index (κ1) is 30.5. The molecule has 0 unspecified atom stereocenters. The third-order valence-corrected chi connectivity index (χ3v) is 11.0. The second kappa shape index (κ2) is 12.2. The molecule has 10 aromatic carbocycles. The van der Waals surface area contributed by atoms with Crippen LogP contribution in [0.25, 0.3) is 87.3 Å². The average molecular weight is 688 g/mol. The summed E-state index contributed by atoms with van der Waals surface area (Å²) < 4.78 is 6.40. The van der Waals surface area contributed by atoms with Crippen molar-refractivity contribution >= 4 is 82.1 Å². The van der Waals surface area contributed by atoms with Crippen LogP contribution in [0, 0.1) is 0 Å². The molecule has 54 heavy (non-hydrogen) atoms. The second-order valence-corrected chi connectivity index (χ2v) is 14.1. The molecule has 0 saturated carbocycles. The largest absolute Gasteiger partial charge is 0.456 e. The zero-order chi connectivity index (χ0) is 35.6. The van der Waals surface area contributed by atoms with E-state index in [0.29, 0.717) is 0 Å². The molecule has 1 aromatic heterocycles. The first-order valence-electron chi connectivity index (χ1n) is 18.5. The van der Waals surface area contributed by atoms with Gasteiger partial charge in [-0.15, -0.1) is 0 Å². The minimum absolute atomic E-state index is 0.871. The number of anilines is 3. The van der Waals surface area contributed by atoms with Gasteiger partial charge in [0.1, 0.15) is 11.2 Å². The van der Waals surface area contributed by atoms with Crippen molar-refractivity contribution in [1.29, 1.82) is 0 Å². The lowest BCUT2D eigenvalue weighted by molar-refractivity contribution is 0.669. The third-order valence-electron chi connectivity index (χ3n) is 11.0. The summed E-state index contributed by atoms with van der Waals surface area (Å²) in [6.07, 6.45) is 0. The summed E-state index contributed by atoms with van der Waals surface area (Å²) in [4.78, 5) is 2.34. The summed E-state index contributed by atoms with van der Waals surface area (Å²) in [7, 11) is 0. The van der Waals surface area contributed by atoms with E-state index in [9.17, 15) is 0 Å². The fourth-order valence-corrected chi connectivity index (χ4v) is 8.41. The van der Waals surface area contributed by atoms with Gasteiger partial charge in [0, 0.05) is 33.9 Å². The van der Waals surface area contributed by atoms with Crippen molar-refractivity contribution in [3.05, 3.63) is 200 Å². The highest BCUT2D eigenvalue weighted by molar-refractivity contribution is 6.27. The van der Waals surface area contributed by atoms with E-state index >= 15 is 0 Å². The number of nitrogens with zero attached hydrogens (tertiary/aromatic N) is 1. The topological polar surface area (TPSA) is 16.4 Å². The summed E-state index contributed by atoms with van der Waals surface area (Å²) in [5.41, 5.74) is 9.65. The molecular formula is C52H33NO. The van der Waals surface area contributed by atoms with Gasteiger partial charge in [-0.3, -0.25) is 0 Å². The molecule has 11 aromatic rings. The standard InChI is InChI=1S/C52H33NO/c1-2-10-34(11-3-1)38-13-8-15-42(31-38)53(44-27-29-48-47-18-6-7-19-49(47)54-50(48)33-44)43-16-9-14-39(32-43)40-26-28-46-41(30-40)25-24-37-23-22-36-21-20-35-12-4-5-17-45(35)51(36)52(37)46/h1-33H. The highest BCUT2D eigenvalue weighted by Crippen LogP contribution is 2.42. The maximum Gasteiger partial charge on any atom is 0.137 e. The lowest BCUT2D eigenvalue weighted by Gasteiger charge is -2.26. The molecule has 252 valence electrons. The fourth-order valence-electron chi connectivity index (χ4n) is 8.41. The van der Waals surface area contributed by atoms with E-state index in [2.05, 4.69) is 193 Å². The number of furan rings is 1. The Bertz CT molecular complexity index is 3220. The first-order valence-corrected chi connectivity index (χ1v) is 18.5. The first-order chi connectivity index (χ1) is 26.7. The van der Waals surface area contributed by atoms with Crippen LogP contribution in [0.2, 0.25) is 0 Å². The third kappa shape index (κ3) is 4.96. The molecule has 0 bridgehead atoms. The molecule has 0 atom stereocenters. The van der Waals surface area contributed by atoms with Crippen molar-refractivity contribution in [3.63, 3.8) is 0 Å². The van der Waals surface area contributed by atoms with Crippen molar-refractivity contribution < 1.29 is 4.42 Å². The average Bonchev–Trinajstić information content (AvgIpc) is 3.62. The van der Waals surface area contributed by atoms with E-state index in [1.54, 1.807) is 0 Å². The molecule has 0 aliphatic carbocycles. The van der Waals surface area contributed by atoms with Crippen molar-refractivity contribution in [3.8, 4) is 22.3 Å². The Kier molecular flexibility index (Phi) is 6.90. The van der Waals surface area contributed by atoms with Gasteiger partial charge in [0.25, 0.3) is 0 Å². The monoisotopic (exact) mass is 687 g/mol. The Morgan fingerprint density at radius 2 is 0.796 bits per heavy atom. The van der Waals surface area contributed by atoms with Gasteiger partial charge in [0.2, 0.25) is 0 Å². The molecule has 0 radical (unpaired) electrons. The predicted octanol–water partition coefficient (Wildman–Crippen LogP) is 15.0. The number of hydrogen-bond donors (Lipinski definition) is 0. The molecule has 0 fully saturated rings. The Balaban J connectivity index is 1.07. The van der Waals surface area contributed by atoms with Gasteiger partial charge < -0.3 is 9.32 Å². The normalized spacial score (nSPS) is 11.7. The van der Waals surface area contributed by atoms with E-state index in [-0.39, 0.29) is 0 Å². The Morgan fingerprint density at radius 3 is 1.56 bits per heavy atom. The number of para-hydroxylation sites is 1. The van der Waals surface area contributed by atoms with Crippen molar-refractivity contribution in [2.24, 2.45) is 0 Å². The van der Waals surface area contributed by atoms with Crippen LogP contribution in [-0.2, 0) is 0 Å². The minimum Gasteiger partial charge on any atom is -0.456 e. The maximum absolute atomic E-state index is 6.40. The molecule has 0 aliphatic heterocycles. The zero-order valence-electron chi connectivity index (χ0n) is 29.4. The Morgan fingerprint density at radius 1 is 0.278 bits per heavy atom. The Hall–Kier alpha value is -7.16. The molecule has 0 spiro atoms.